The third-order valence-electron chi connectivity index (χ3n) is 4.54. The summed E-state index contributed by atoms with van der Waals surface area (Å²) < 4.78 is 0. The number of hydrogen-bond donors (Lipinski definition) is 1. The maximum absolute atomic E-state index is 5.71. The second-order valence-corrected chi connectivity index (χ2v) is 5.85. The predicted molar refractivity (Wildman–Crippen MR) is 82.2 cm³/mol. The highest BCUT2D eigenvalue weighted by atomic mass is 15.2. The van der Waals surface area contributed by atoms with E-state index in [4.69, 9.17) is 5.73 Å². The molecule has 1 aliphatic heterocycles. The fourth-order valence-corrected chi connectivity index (χ4v) is 3.16. The maximum Gasteiger partial charge on any atom is 0.0319 e. The zero-order chi connectivity index (χ0) is 13.7. The van der Waals surface area contributed by atoms with Crippen LogP contribution in [0, 0.1) is 5.92 Å². The van der Waals surface area contributed by atoms with Gasteiger partial charge in [0.1, 0.15) is 0 Å². The Morgan fingerprint density at radius 2 is 2.05 bits per heavy atom. The molecule has 1 aromatic carbocycles. The fraction of sp³-hybridized carbons (Fsp3) is 0.647. The van der Waals surface area contributed by atoms with Crippen molar-refractivity contribution in [3.05, 3.63) is 35.4 Å². The minimum atomic E-state index is 0.534. The third-order valence-corrected chi connectivity index (χ3v) is 4.54. The molecule has 1 aromatic rings. The third kappa shape index (κ3) is 3.80. The van der Waals surface area contributed by atoms with E-state index in [9.17, 15) is 0 Å². The van der Waals surface area contributed by atoms with E-state index < -0.39 is 0 Å². The largest absolute Gasteiger partial charge is 0.330 e. The van der Waals surface area contributed by atoms with Crippen LogP contribution in [-0.2, 0) is 6.42 Å². The molecule has 0 aromatic heterocycles. The molecule has 2 unspecified atom stereocenters. The molecule has 19 heavy (non-hydrogen) atoms. The zero-order valence-electron chi connectivity index (χ0n) is 12.4. The zero-order valence-corrected chi connectivity index (χ0v) is 12.4. The van der Waals surface area contributed by atoms with Crippen LogP contribution in [0.5, 0.6) is 0 Å². The van der Waals surface area contributed by atoms with Crippen LogP contribution < -0.4 is 5.73 Å². The van der Waals surface area contributed by atoms with E-state index >= 15 is 0 Å². The van der Waals surface area contributed by atoms with Crippen LogP contribution in [-0.4, -0.2) is 24.5 Å². The summed E-state index contributed by atoms with van der Waals surface area (Å²) in [6.07, 6.45) is 4.98. The Balaban J connectivity index is 1.99. The summed E-state index contributed by atoms with van der Waals surface area (Å²) in [6.45, 7) is 7.83. The molecule has 2 nitrogen and oxygen atoms in total. The molecule has 1 aliphatic rings. The van der Waals surface area contributed by atoms with Crippen LogP contribution in [0.2, 0.25) is 0 Å². The Kier molecular flexibility index (Phi) is 5.41. The lowest BCUT2D eigenvalue weighted by atomic mass is 9.92. The number of aryl methyl sites for hydroxylation is 1. The number of nitrogens with zero attached hydrogens (tertiary/aromatic N) is 1. The molecular formula is C17H28N2. The van der Waals surface area contributed by atoms with Crippen molar-refractivity contribution in [1.82, 2.24) is 4.90 Å². The van der Waals surface area contributed by atoms with Crippen molar-refractivity contribution >= 4 is 0 Å². The lowest BCUT2D eigenvalue weighted by Gasteiger charge is -2.37. The molecule has 0 aliphatic carbocycles. The van der Waals surface area contributed by atoms with Crippen LogP contribution in [0.1, 0.15) is 50.3 Å². The van der Waals surface area contributed by atoms with Gasteiger partial charge in [0.25, 0.3) is 0 Å². The average Bonchev–Trinajstić information content (AvgIpc) is 2.47. The molecule has 2 N–H and O–H groups in total. The molecule has 0 spiro atoms. The van der Waals surface area contributed by atoms with Gasteiger partial charge >= 0.3 is 0 Å². The first-order valence-electron chi connectivity index (χ1n) is 7.77. The van der Waals surface area contributed by atoms with Crippen LogP contribution in [0.25, 0.3) is 0 Å². The monoisotopic (exact) mass is 260 g/mol. The number of benzene rings is 1. The van der Waals surface area contributed by atoms with Crippen LogP contribution in [0.4, 0.5) is 0 Å². The van der Waals surface area contributed by atoms with E-state index in [1.807, 2.05) is 0 Å². The summed E-state index contributed by atoms with van der Waals surface area (Å²) in [5, 5.41) is 0. The van der Waals surface area contributed by atoms with Crippen molar-refractivity contribution in [1.29, 1.82) is 0 Å². The summed E-state index contributed by atoms with van der Waals surface area (Å²) in [5.41, 5.74) is 8.58. The molecule has 0 bridgehead atoms. The number of piperidine rings is 1. The van der Waals surface area contributed by atoms with Gasteiger partial charge in [0.15, 0.2) is 0 Å². The fourth-order valence-electron chi connectivity index (χ4n) is 3.16. The van der Waals surface area contributed by atoms with Crippen molar-refractivity contribution in [2.24, 2.45) is 11.7 Å². The molecule has 1 fully saturated rings. The lowest BCUT2D eigenvalue weighted by molar-refractivity contribution is 0.128. The molecule has 0 saturated carbocycles. The van der Waals surface area contributed by atoms with Gasteiger partial charge in [-0.05, 0) is 62.7 Å². The smallest absolute Gasteiger partial charge is 0.0319 e. The van der Waals surface area contributed by atoms with Crippen molar-refractivity contribution in [3.63, 3.8) is 0 Å². The summed E-state index contributed by atoms with van der Waals surface area (Å²) in [5.74, 6) is 0.802. The highest BCUT2D eigenvalue weighted by molar-refractivity contribution is 5.24. The Labute approximate surface area is 118 Å². The second kappa shape index (κ2) is 7.06. The van der Waals surface area contributed by atoms with Gasteiger partial charge in [0.05, 0.1) is 0 Å². The summed E-state index contributed by atoms with van der Waals surface area (Å²) >= 11 is 0. The minimum absolute atomic E-state index is 0.534. The molecule has 2 heteroatoms. The van der Waals surface area contributed by atoms with Gasteiger partial charge in [-0.15, -0.1) is 0 Å². The van der Waals surface area contributed by atoms with E-state index in [1.165, 1.54) is 43.5 Å². The number of hydrogen-bond acceptors (Lipinski definition) is 2. The molecule has 1 saturated heterocycles. The Morgan fingerprint density at radius 1 is 1.32 bits per heavy atom. The highest BCUT2D eigenvalue weighted by Crippen LogP contribution is 2.27. The normalized spacial score (nSPS) is 22.4. The number of nitrogens with two attached hydrogens (primary N) is 1. The number of likely N-dealkylation sites (tertiary alicyclic amines) is 1. The van der Waals surface area contributed by atoms with Crippen molar-refractivity contribution < 1.29 is 0 Å². The Bertz CT molecular complexity index is 369. The Hall–Kier alpha value is -0.860. The quantitative estimate of drug-likeness (QED) is 0.879. The predicted octanol–water partition coefficient (Wildman–Crippen LogP) is 3.37. The minimum Gasteiger partial charge on any atom is -0.330 e. The second-order valence-electron chi connectivity index (χ2n) is 5.85. The van der Waals surface area contributed by atoms with Crippen molar-refractivity contribution in [3.8, 4) is 0 Å². The number of rotatable bonds is 5. The van der Waals surface area contributed by atoms with E-state index in [-0.39, 0.29) is 0 Å². The van der Waals surface area contributed by atoms with E-state index in [1.54, 1.807) is 0 Å². The molecule has 106 valence electrons. The topological polar surface area (TPSA) is 29.3 Å². The van der Waals surface area contributed by atoms with E-state index in [0.29, 0.717) is 6.04 Å². The van der Waals surface area contributed by atoms with E-state index in [2.05, 4.69) is 43.0 Å². The first-order chi connectivity index (χ1) is 9.24. The van der Waals surface area contributed by atoms with E-state index in [0.717, 1.165) is 18.9 Å². The first kappa shape index (κ1) is 14.5. The van der Waals surface area contributed by atoms with Gasteiger partial charge in [-0.1, -0.05) is 31.2 Å². The first-order valence-corrected chi connectivity index (χ1v) is 7.77. The van der Waals surface area contributed by atoms with Crippen molar-refractivity contribution in [2.75, 3.05) is 19.6 Å². The Morgan fingerprint density at radius 3 is 2.68 bits per heavy atom. The lowest BCUT2D eigenvalue weighted by Crippen LogP contribution is -2.37. The molecule has 2 atom stereocenters. The maximum atomic E-state index is 5.71. The molecule has 0 amide bonds. The van der Waals surface area contributed by atoms with Gasteiger partial charge in [0, 0.05) is 12.6 Å². The summed E-state index contributed by atoms with van der Waals surface area (Å²) in [7, 11) is 0. The molecular weight excluding hydrogens is 232 g/mol. The van der Waals surface area contributed by atoms with Gasteiger partial charge < -0.3 is 5.73 Å². The van der Waals surface area contributed by atoms with Gasteiger partial charge in [0.2, 0.25) is 0 Å². The molecule has 1 heterocycles. The summed E-state index contributed by atoms with van der Waals surface area (Å²) in [4.78, 5) is 2.63. The van der Waals surface area contributed by atoms with Crippen LogP contribution in [0.3, 0.4) is 0 Å². The van der Waals surface area contributed by atoms with Gasteiger partial charge in [-0.2, -0.15) is 0 Å². The van der Waals surface area contributed by atoms with Crippen molar-refractivity contribution in [2.45, 2.75) is 45.6 Å². The molecule has 2 rings (SSSR count). The summed E-state index contributed by atoms with van der Waals surface area (Å²) in [6, 6.07) is 9.68. The highest BCUT2D eigenvalue weighted by Gasteiger charge is 2.23. The van der Waals surface area contributed by atoms with Gasteiger partial charge in [-0.25, -0.2) is 0 Å². The SMILES string of the molecule is CCc1ccc(C(C)N2CCCC(CCN)C2)cc1. The average molecular weight is 260 g/mol. The van der Waals surface area contributed by atoms with Crippen LogP contribution in [0.15, 0.2) is 24.3 Å². The van der Waals surface area contributed by atoms with Gasteiger partial charge in [-0.3, -0.25) is 4.90 Å². The standard InChI is InChI=1S/C17H28N2/c1-3-15-6-8-17(9-7-15)14(2)19-12-4-5-16(13-19)10-11-18/h6-9,14,16H,3-5,10-13,18H2,1-2H3. The van der Waals surface area contributed by atoms with Crippen LogP contribution >= 0.6 is 0 Å². The molecule has 0 radical (unpaired) electrons.